The quantitative estimate of drug-likeness (QED) is 0.560. The monoisotopic (exact) mass is 414 g/mol. The fourth-order valence-electron chi connectivity index (χ4n) is 2.50. The Hall–Kier alpha value is -3.17. The lowest BCUT2D eigenvalue weighted by Crippen LogP contribution is -2.36. The number of para-hydroxylation sites is 1. The highest BCUT2D eigenvalue weighted by Gasteiger charge is 2.18. The number of methoxy groups -OCH3 is 1. The van der Waals surface area contributed by atoms with E-state index in [-0.39, 0.29) is 25.0 Å². The van der Waals surface area contributed by atoms with Crippen LogP contribution in [0.4, 0.5) is 10.5 Å². The second-order valence-corrected chi connectivity index (χ2v) is 7.04. The zero-order chi connectivity index (χ0) is 20.5. The van der Waals surface area contributed by atoms with Crippen LogP contribution < -0.4 is 10.6 Å². The molecule has 3 rings (SSSR count). The van der Waals surface area contributed by atoms with E-state index in [1.807, 2.05) is 30.3 Å². The SMILES string of the molecule is COCCN(Cc1nc(C(=O)NCc2ccco2)cs1)C(=O)Nc1ccccc1. The Balaban J connectivity index is 1.60. The molecule has 0 aliphatic heterocycles. The topological polar surface area (TPSA) is 96.7 Å². The van der Waals surface area contributed by atoms with Gasteiger partial charge in [0.2, 0.25) is 0 Å². The van der Waals surface area contributed by atoms with Gasteiger partial charge in [-0.25, -0.2) is 9.78 Å². The van der Waals surface area contributed by atoms with Crippen molar-refractivity contribution in [1.82, 2.24) is 15.2 Å². The van der Waals surface area contributed by atoms with Gasteiger partial charge in [-0.1, -0.05) is 18.2 Å². The molecule has 29 heavy (non-hydrogen) atoms. The van der Waals surface area contributed by atoms with Gasteiger partial charge in [-0.05, 0) is 24.3 Å². The minimum atomic E-state index is -0.291. The van der Waals surface area contributed by atoms with Crippen LogP contribution in [0.15, 0.2) is 58.5 Å². The van der Waals surface area contributed by atoms with E-state index in [0.29, 0.717) is 35.3 Å². The van der Waals surface area contributed by atoms with Gasteiger partial charge in [0.05, 0.1) is 26.0 Å². The Kier molecular flexibility index (Phi) is 7.37. The molecule has 2 aromatic heterocycles. The summed E-state index contributed by atoms with van der Waals surface area (Å²) >= 11 is 1.33. The van der Waals surface area contributed by atoms with Gasteiger partial charge in [-0.3, -0.25) is 4.79 Å². The molecule has 0 bridgehead atoms. The summed E-state index contributed by atoms with van der Waals surface area (Å²) in [5.74, 6) is 0.373. The van der Waals surface area contributed by atoms with Gasteiger partial charge in [-0.15, -0.1) is 11.3 Å². The molecule has 3 aromatic rings. The molecular weight excluding hydrogens is 392 g/mol. The van der Waals surface area contributed by atoms with Crippen LogP contribution >= 0.6 is 11.3 Å². The molecule has 2 heterocycles. The van der Waals surface area contributed by atoms with Crippen LogP contribution in [0.5, 0.6) is 0 Å². The number of carbonyl (C=O) groups excluding carboxylic acids is 2. The highest BCUT2D eigenvalue weighted by atomic mass is 32.1. The third kappa shape index (κ3) is 6.16. The number of hydrogen-bond acceptors (Lipinski definition) is 6. The summed E-state index contributed by atoms with van der Waals surface area (Å²) in [5.41, 5.74) is 1.02. The summed E-state index contributed by atoms with van der Waals surface area (Å²) in [6.45, 7) is 1.36. The molecule has 152 valence electrons. The maximum Gasteiger partial charge on any atom is 0.322 e. The zero-order valence-electron chi connectivity index (χ0n) is 16.0. The van der Waals surface area contributed by atoms with Crippen molar-refractivity contribution in [2.45, 2.75) is 13.1 Å². The number of ether oxygens (including phenoxy) is 1. The van der Waals surface area contributed by atoms with Crippen LogP contribution in [-0.2, 0) is 17.8 Å². The third-order valence-electron chi connectivity index (χ3n) is 3.99. The van der Waals surface area contributed by atoms with E-state index in [0.717, 1.165) is 0 Å². The summed E-state index contributed by atoms with van der Waals surface area (Å²) in [6, 6.07) is 12.5. The van der Waals surface area contributed by atoms with Crippen molar-refractivity contribution < 1.29 is 18.7 Å². The third-order valence-corrected chi connectivity index (χ3v) is 4.82. The van der Waals surface area contributed by atoms with E-state index in [1.165, 1.54) is 11.3 Å². The minimum absolute atomic E-state index is 0.257. The van der Waals surface area contributed by atoms with Crippen molar-refractivity contribution in [2.24, 2.45) is 0 Å². The summed E-state index contributed by atoms with van der Waals surface area (Å²) in [7, 11) is 1.58. The second-order valence-electron chi connectivity index (χ2n) is 6.10. The number of benzene rings is 1. The summed E-state index contributed by atoms with van der Waals surface area (Å²) in [6.07, 6.45) is 1.55. The van der Waals surface area contributed by atoms with E-state index in [1.54, 1.807) is 35.8 Å². The number of thiazole rings is 1. The molecule has 2 N–H and O–H groups in total. The Morgan fingerprint density at radius 2 is 2.03 bits per heavy atom. The van der Waals surface area contributed by atoms with Crippen LogP contribution in [0.2, 0.25) is 0 Å². The molecular formula is C20H22N4O4S. The normalized spacial score (nSPS) is 10.5. The average Bonchev–Trinajstić information content (AvgIpc) is 3.42. The minimum Gasteiger partial charge on any atom is -0.467 e. The highest BCUT2D eigenvalue weighted by molar-refractivity contribution is 7.09. The number of carbonyl (C=O) groups is 2. The lowest BCUT2D eigenvalue weighted by Gasteiger charge is -2.21. The zero-order valence-corrected chi connectivity index (χ0v) is 16.8. The van der Waals surface area contributed by atoms with Gasteiger partial charge in [-0.2, -0.15) is 0 Å². The number of furan rings is 1. The largest absolute Gasteiger partial charge is 0.467 e. The van der Waals surface area contributed by atoms with Crippen molar-refractivity contribution in [3.8, 4) is 0 Å². The highest BCUT2D eigenvalue weighted by Crippen LogP contribution is 2.14. The molecule has 0 spiro atoms. The summed E-state index contributed by atoms with van der Waals surface area (Å²) in [4.78, 5) is 30.9. The molecule has 9 heteroatoms. The Morgan fingerprint density at radius 1 is 1.21 bits per heavy atom. The average molecular weight is 414 g/mol. The van der Waals surface area contributed by atoms with Crippen LogP contribution in [-0.4, -0.2) is 42.1 Å². The fourth-order valence-corrected chi connectivity index (χ4v) is 3.29. The smallest absolute Gasteiger partial charge is 0.322 e. The molecule has 8 nitrogen and oxygen atoms in total. The van der Waals surface area contributed by atoms with Crippen LogP contribution in [0, 0.1) is 0 Å². The Labute approximate surface area is 172 Å². The van der Waals surface area contributed by atoms with Gasteiger partial charge in [0.1, 0.15) is 16.5 Å². The van der Waals surface area contributed by atoms with E-state index >= 15 is 0 Å². The van der Waals surface area contributed by atoms with Gasteiger partial charge in [0, 0.05) is 24.7 Å². The lowest BCUT2D eigenvalue weighted by atomic mass is 10.3. The predicted octanol–water partition coefficient (Wildman–Crippen LogP) is 3.35. The first-order valence-corrected chi connectivity index (χ1v) is 9.88. The molecule has 0 saturated carbocycles. The van der Waals surface area contributed by atoms with Crippen molar-refractivity contribution in [3.63, 3.8) is 0 Å². The first-order chi connectivity index (χ1) is 14.2. The van der Waals surface area contributed by atoms with E-state index in [2.05, 4.69) is 15.6 Å². The van der Waals surface area contributed by atoms with Crippen molar-refractivity contribution in [3.05, 3.63) is 70.6 Å². The Morgan fingerprint density at radius 3 is 2.76 bits per heavy atom. The Bertz CT molecular complexity index is 912. The number of nitrogens with one attached hydrogen (secondary N) is 2. The summed E-state index contributed by atoms with van der Waals surface area (Å²) in [5, 5.41) is 7.95. The molecule has 0 aliphatic rings. The molecule has 0 aliphatic carbocycles. The maximum atomic E-state index is 12.6. The van der Waals surface area contributed by atoms with Crippen LogP contribution in [0.3, 0.4) is 0 Å². The second kappa shape index (κ2) is 10.4. The van der Waals surface area contributed by atoms with E-state index < -0.39 is 0 Å². The van der Waals surface area contributed by atoms with Gasteiger partial charge in [0.15, 0.2) is 0 Å². The van der Waals surface area contributed by atoms with Gasteiger partial charge in [0.25, 0.3) is 5.91 Å². The standard InChI is InChI=1S/C20H22N4O4S/c1-27-11-9-24(20(26)22-15-6-3-2-4-7-15)13-18-23-17(14-29-18)19(25)21-12-16-8-5-10-28-16/h2-8,10,14H,9,11-13H2,1H3,(H,21,25)(H,22,26). The first kappa shape index (κ1) is 20.6. The molecule has 1 aromatic carbocycles. The molecule has 0 saturated heterocycles. The number of aromatic nitrogens is 1. The molecule has 0 fully saturated rings. The number of nitrogens with zero attached hydrogens (tertiary/aromatic N) is 2. The number of urea groups is 1. The van der Waals surface area contributed by atoms with Crippen molar-refractivity contribution in [1.29, 1.82) is 0 Å². The van der Waals surface area contributed by atoms with Crippen molar-refractivity contribution >= 4 is 29.0 Å². The molecule has 0 unspecified atom stereocenters. The van der Waals surface area contributed by atoms with E-state index in [4.69, 9.17) is 9.15 Å². The first-order valence-electron chi connectivity index (χ1n) is 9.00. The molecule has 0 atom stereocenters. The van der Waals surface area contributed by atoms with Crippen molar-refractivity contribution in [2.75, 3.05) is 25.6 Å². The van der Waals surface area contributed by atoms with Crippen LogP contribution in [0.1, 0.15) is 21.3 Å². The number of anilines is 1. The van der Waals surface area contributed by atoms with Gasteiger partial charge < -0.3 is 24.7 Å². The number of amides is 3. The van der Waals surface area contributed by atoms with E-state index in [9.17, 15) is 9.59 Å². The maximum absolute atomic E-state index is 12.6. The van der Waals surface area contributed by atoms with Crippen LogP contribution in [0.25, 0.3) is 0 Å². The predicted molar refractivity (Wildman–Crippen MR) is 110 cm³/mol. The van der Waals surface area contributed by atoms with Gasteiger partial charge >= 0.3 is 6.03 Å². The molecule has 3 amide bonds. The lowest BCUT2D eigenvalue weighted by molar-refractivity contribution is 0.0943. The number of hydrogen-bond donors (Lipinski definition) is 2. The summed E-state index contributed by atoms with van der Waals surface area (Å²) < 4.78 is 10.3. The fraction of sp³-hybridized carbons (Fsp3) is 0.250. The number of rotatable bonds is 9. The molecule has 0 radical (unpaired) electrons.